The van der Waals surface area contributed by atoms with Crippen LogP contribution in [0.15, 0.2) is 60.9 Å². The van der Waals surface area contributed by atoms with Gasteiger partial charge in [0.25, 0.3) is 5.91 Å². The summed E-state index contributed by atoms with van der Waals surface area (Å²) in [6.07, 6.45) is 4.84. The standard InChI is InChI=1S/C31H35N5O3/c1-34-13-15-35(16-14-34)28-8-7-23(18-29(28)39-2)24-17-26-27(20-33-30(26)32-19-24)21-3-5-22(6-4-21)31(38)36-11-9-25(37)10-12-36/h3-8,17-20,25,37H,9-16H2,1-2H3,(H,32,33). The fraction of sp³-hybridized carbons (Fsp3) is 0.355. The Morgan fingerprint density at radius 1 is 0.949 bits per heavy atom. The number of aliphatic hydroxyl groups is 1. The molecule has 202 valence electrons. The molecule has 0 unspecified atom stereocenters. The highest BCUT2D eigenvalue weighted by atomic mass is 16.5. The Labute approximate surface area is 228 Å². The van der Waals surface area contributed by atoms with Gasteiger partial charge in [-0.2, -0.15) is 0 Å². The summed E-state index contributed by atoms with van der Waals surface area (Å²) in [6, 6.07) is 16.3. The molecular weight excluding hydrogens is 490 g/mol. The van der Waals surface area contributed by atoms with E-state index < -0.39 is 0 Å². The Morgan fingerprint density at radius 3 is 2.38 bits per heavy atom. The molecule has 8 nitrogen and oxygen atoms in total. The second-order valence-corrected chi connectivity index (χ2v) is 10.6. The molecule has 8 heteroatoms. The number of likely N-dealkylation sites (N-methyl/N-ethyl adjacent to an activating group) is 1. The van der Waals surface area contributed by atoms with Crippen molar-refractivity contribution in [3.8, 4) is 28.0 Å². The van der Waals surface area contributed by atoms with E-state index in [0.29, 0.717) is 31.5 Å². The lowest BCUT2D eigenvalue weighted by molar-refractivity contribution is 0.0546. The molecule has 2 fully saturated rings. The number of benzene rings is 2. The normalized spacial score (nSPS) is 17.1. The van der Waals surface area contributed by atoms with Crippen LogP contribution in [0.25, 0.3) is 33.3 Å². The highest BCUT2D eigenvalue weighted by Gasteiger charge is 2.23. The summed E-state index contributed by atoms with van der Waals surface area (Å²) >= 11 is 0. The molecule has 0 aliphatic carbocycles. The van der Waals surface area contributed by atoms with E-state index in [0.717, 1.165) is 70.9 Å². The third-order valence-electron chi connectivity index (χ3n) is 8.08. The summed E-state index contributed by atoms with van der Waals surface area (Å²) in [5.74, 6) is 0.889. The molecular formula is C31H35N5O3. The maximum atomic E-state index is 12.9. The van der Waals surface area contributed by atoms with Crippen molar-refractivity contribution in [1.82, 2.24) is 19.8 Å². The molecule has 0 radical (unpaired) electrons. The number of likely N-dealkylation sites (tertiary alicyclic amines) is 1. The number of carbonyl (C=O) groups excluding carboxylic acids is 1. The molecule has 6 rings (SSSR count). The number of hydrogen-bond donors (Lipinski definition) is 2. The zero-order valence-electron chi connectivity index (χ0n) is 22.6. The minimum absolute atomic E-state index is 0.0188. The number of nitrogens with one attached hydrogen (secondary N) is 1. The van der Waals surface area contributed by atoms with Gasteiger partial charge in [-0.05, 0) is 61.3 Å². The number of fused-ring (bicyclic) bond motifs is 1. The molecule has 2 saturated heterocycles. The van der Waals surface area contributed by atoms with E-state index in [1.54, 1.807) is 7.11 Å². The predicted octanol–water partition coefficient (Wildman–Crippen LogP) is 4.25. The van der Waals surface area contributed by atoms with Crippen LogP contribution in [0.2, 0.25) is 0 Å². The van der Waals surface area contributed by atoms with Crippen molar-refractivity contribution >= 4 is 22.6 Å². The Balaban J connectivity index is 1.26. The first-order valence-electron chi connectivity index (χ1n) is 13.7. The van der Waals surface area contributed by atoms with Gasteiger partial charge in [-0.15, -0.1) is 0 Å². The molecule has 2 aliphatic heterocycles. The smallest absolute Gasteiger partial charge is 0.253 e. The quantitative estimate of drug-likeness (QED) is 0.405. The molecule has 0 spiro atoms. The lowest BCUT2D eigenvalue weighted by Crippen LogP contribution is -2.44. The van der Waals surface area contributed by atoms with Gasteiger partial charge in [0, 0.05) is 73.7 Å². The van der Waals surface area contributed by atoms with Crippen molar-refractivity contribution < 1.29 is 14.6 Å². The second kappa shape index (κ2) is 10.7. The Hall–Kier alpha value is -3.88. The number of piperazine rings is 1. The number of ether oxygens (including phenoxy) is 1. The van der Waals surface area contributed by atoms with Gasteiger partial charge in [0.05, 0.1) is 18.9 Å². The summed E-state index contributed by atoms with van der Waals surface area (Å²) in [4.78, 5) is 27.5. The van der Waals surface area contributed by atoms with E-state index in [-0.39, 0.29) is 12.0 Å². The monoisotopic (exact) mass is 525 g/mol. The second-order valence-electron chi connectivity index (χ2n) is 10.6. The third-order valence-corrected chi connectivity index (χ3v) is 8.08. The highest BCUT2D eigenvalue weighted by molar-refractivity contribution is 5.98. The first-order chi connectivity index (χ1) is 19.0. The van der Waals surface area contributed by atoms with Gasteiger partial charge >= 0.3 is 0 Å². The van der Waals surface area contributed by atoms with Gasteiger partial charge in [0.15, 0.2) is 0 Å². The number of H-pyrrole nitrogens is 1. The lowest BCUT2D eigenvalue weighted by atomic mass is 10.0. The van der Waals surface area contributed by atoms with Crippen LogP contribution in [-0.4, -0.2) is 90.3 Å². The maximum absolute atomic E-state index is 12.9. The first-order valence-corrected chi connectivity index (χ1v) is 13.7. The fourth-order valence-corrected chi connectivity index (χ4v) is 5.61. The van der Waals surface area contributed by atoms with Gasteiger partial charge in [-0.1, -0.05) is 18.2 Å². The van der Waals surface area contributed by atoms with Crippen LogP contribution < -0.4 is 9.64 Å². The molecule has 2 aliphatic rings. The topological polar surface area (TPSA) is 84.9 Å². The minimum atomic E-state index is -0.298. The number of aliphatic hydroxyl groups excluding tert-OH is 1. The number of anilines is 1. The van der Waals surface area contributed by atoms with Crippen molar-refractivity contribution in [2.24, 2.45) is 0 Å². The molecule has 2 aromatic carbocycles. The van der Waals surface area contributed by atoms with E-state index in [1.165, 1.54) is 0 Å². The number of aromatic amines is 1. The van der Waals surface area contributed by atoms with Gasteiger partial charge in [-0.25, -0.2) is 4.98 Å². The van der Waals surface area contributed by atoms with E-state index in [4.69, 9.17) is 9.72 Å². The van der Waals surface area contributed by atoms with Crippen LogP contribution in [-0.2, 0) is 0 Å². The minimum Gasteiger partial charge on any atom is -0.495 e. The number of hydrogen-bond acceptors (Lipinski definition) is 6. The molecule has 4 aromatic rings. The van der Waals surface area contributed by atoms with E-state index in [9.17, 15) is 9.90 Å². The molecule has 1 amide bonds. The van der Waals surface area contributed by atoms with Crippen molar-refractivity contribution in [3.05, 3.63) is 66.5 Å². The fourth-order valence-electron chi connectivity index (χ4n) is 5.61. The van der Waals surface area contributed by atoms with Crippen LogP contribution in [0.5, 0.6) is 5.75 Å². The average molecular weight is 526 g/mol. The number of rotatable bonds is 5. The average Bonchev–Trinajstić information content (AvgIpc) is 3.41. The molecule has 0 bridgehead atoms. The molecule has 4 heterocycles. The molecule has 2 N–H and O–H groups in total. The molecule has 2 aromatic heterocycles. The number of amides is 1. The Morgan fingerprint density at radius 2 is 1.67 bits per heavy atom. The summed E-state index contributed by atoms with van der Waals surface area (Å²) < 4.78 is 5.81. The van der Waals surface area contributed by atoms with Gasteiger partial charge < -0.3 is 29.5 Å². The van der Waals surface area contributed by atoms with E-state index in [2.05, 4.69) is 46.1 Å². The first kappa shape index (κ1) is 25.4. The zero-order chi connectivity index (χ0) is 26.9. The van der Waals surface area contributed by atoms with Gasteiger partial charge in [-0.3, -0.25) is 4.79 Å². The number of carbonyl (C=O) groups is 1. The van der Waals surface area contributed by atoms with Gasteiger partial charge in [0.1, 0.15) is 11.4 Å². The van der Waals surface area contributed by atoms with Crippen LogP contribution in [0, 0.1) is 0 Å². The van der Waals surface area contributed by atoms with Crippen LogP contribution in [0.3, 0.4) is 0 Å². The van der Waals surface area contributed by atoms with Gasteiger partial charge in [0.2, 0.25) is 0 Å². The van der Waals surface area contributed by atoms with Crippen molar-refractivity contribution in [2.75, 3.05) is 58.3 Å². The Kier molecular flexibility index (Phi) is 6.97. The summed E-state index contributed by atoms with van der Waals surface area (Å²) in [6.45, 7) is 5.24. The van der Waals surface area contributed by atoms with E-state index >= 15 is 0 Å². The molecule has 39 heavy (non-hydrogen) atoms. The summed E-state index contributed by atoms with van der Waals surface area (Å²) in [5.41, 5.74) is 6.75. The van der Waals surface area contributed by atoms with Crippen molar-refractivity contribution in [3.63, 3.8) is 0 Å². The third kappa shape index (κ3) is 5.10. The molecule has 0 saturated carbocycles. The number of methoxy groups -OCH3 is 1. The van der Waals surface area contributed by atoms with Crippen LogP contribution in [0.1, 0.15) is 23.2 Å². The van der Waals surface area contributed by atoms with E-state index in [1.807, 2.05) is 41.6 Å². The zero-order valence-corrected chi connectivity index (χ0v) is 22.6. The highest BCUT2D eigenvalue weighted by Crippen LogP contribution is 2.36. The maximum Gasteiger partial charge on any atom is 0.253 e. The van der Waals surface area contributed by atoms with Crippen molar-refractivity contribution in [2.45, 2.75) is 18.9 Å². The summed E-state index contributed by atoms with van der Waals surface area (Å²) in [5, 5.41) is 10.8. The number of piperidine rings is 1. The predicted molar refractivity (Wildman–Crippen MR) is 154 cm³/mol. The number of pyridine rings is 1. The van der Waals surface area contributed by atoms with Crippen molar-refractivity contribution in [1.29, 1.82) is 0 Å². The van der Waals surface area contributed by atoms with Crippen LogP contribution in [0.4, 0.5) is 5.69 Å². The summed E-state index contributed by atoms with van der Waals surface area (Å²) in [7, 11) is 3.89. The SMILES string of the molecule is COc1cc(-c2cnc3[nH]cc(-c4ccc(C(=O)N5CCC(O)CC5)cc4)c3c2)ccc1N1CCN(C)CC1. The molecule has 0 atom stereocenters. The largest absolute Gasteiger partial charge is 0.495 e. The lowest BCUT2D eigenvalue weighted by Gasteiger charge is -2.34. The Bertz CT molecular complexity index is 1470. The van der Waals surface area contributed by atoms with Crippen LogP contribution >= 0.6 is 0 Å². The number of nitrogens with zero attached hydrogens (tertiary/aromatic N) is 4. The number of aromatic nitrogens is 2.